The summed E-state index contributed by atoms with van der Waals surface area (Å²) in [5, 5.41) is 5.81. The van der Waals surface area contributed by atoms with Crippen LogP contribution in [0.2, 0.25) is 0 Å². The Hall–Kier alpha value is -1.30. The lowest BCUT2D eigenvalue weighted by Gasteiger charge is -2.31. The molecule has 1 aliphatic carbocycles. The number of nitrogens with one attached hydrogen (secondary N) is 2. The van der Waals surface area contributed by atoms with Crippen LogP contribution >= 0.6 is 0 Å². The smallest absolute Gasteiger partial charge is 0.317 e. The van der Waals surface area contributed by atoms with Crippen molar-refractivity contribution in [1.82, 2.24) is 15.5 Å². The topological polar surface area (TPSA) is 70.7 Å². The summed E-state index contributed by atoms with van der Waals surface area (Å²) in [5.74, 6) is 0.675. The predicted molar refractivity (Wildman–Crippen MR) is 93.8 cm³/mol. The van der Waals surface area contributed by atoms with Crippen molar-refractivity contribution in [2.75, 3.05) is 32.8 Å². The van der Waals surface area contributed by atoms with Gasteiger partial charge in [0.2, 0.25) is 5.91 Å². The first-order valence-corrected chi connectivity index (χ1v) is 9.60. The highest BCUT2D eigenvalue weighted by Gasteiger charge is 2.22. The van der Waals surface area contributed by atoms with Gasteiger partial charge in [0.25, 0.3) is 0 Å². The summed E-state index contributed by atoms with van der Waals surface area (Å²) in [4.78, 5) is 25.8. The Morgan fingerprint density at radius 3 is 2.33 bits per heavy atom. The monoisotopic (exact) mass is 339 g/mol. The Morgan fingerprint density at radius 2 is 1.67 bits per heavy atom. The highest BCUT2D eigenvalue weighted by Crippen LogP contribution is 2.25. The second kappa shape index (κ2) is 10.5. The summed E-state index contributed by atoms with van der Waals surface area (Å²) >= 11 is 0. The van der Waals surface area contributed by atoms with Crippen LogP contribution in [0.4, 0.5) is 4.79 Å². The first kappa shape index (κ1) is 19.0. The third-order valence-corrected chi connectivity index (χ3v) is 5.05. The largest absolute Gasteiger partial charge is 0.378 e. The van der Waals surface area contributed by atoms with E-state index in [0.29, 0.717) is 25.4 Å². The Kier molecular flexibility index (Phi) is 8.36. The van der Waals surface area contributed by atoms with E-state index < -0.39 is 0 Å². The summed E-state index contributed by atoms with van der Waals surface area (Å²) < 4.78 is 5.59. The molecular weight excluding hydrogens is 306 g/mol. The van der Waals surface area contributed by atoms with Crippen LogP contribution in [-0.2, 0) is 9.53 Å². The van der Waals surface area contributed by atoms with E-state index in [2.05, 4.69) is 10.6 Å². The summed E-state index contributed by atoms with van der Waals surface area (Å²) in [6, 6.07) is -0.0357. The highest BCUT2D eigenvalue weighted by atomic mass is 16.5. The Balaban J connectivity index is 1.52. The molecule has 1 aliphatic heterocycles. The van der Waals surface area contributed by atoms with Crippen LogP contribution in [0.3, 0.4) is 0 Å². The molecule has 2 N–H and O–H groups in total. The Morgan fingerprint density at radius 1 is 1.00 bits per heavy atom. The minimum absolute atomic E-state index is 0.0357. The molecule has 0 unspecified atom stereocenters. The molecule has 2 fully saturated rings. The van der Waals surface area contributed by atoms with Crippen LogP contribution in [0.15, 0.2) is 0 Å². The van der Waals surface area contributed by atoms with Crippen molar-refractivity contribution in [3.05, 3.63) is 0 Å². The number of ether oxygens (including phenoxy) is 1. The number of likely N-dealkylation sites (tertiary alicyclic amines) is 1. The van der Waals surface area contributed by atoms with Gasteiger partial charge < -0.3 is 20.3 Å². The van der Waals surface area contributed by atoms with Crippen molar-refractivity contribution < 1.29 is 14.3 Å². The van der Waals surface area contributed by atoms with E-state index in [9.17, 15) is 9.59 Å². The van der Waals surface area contributed by atoms with Gasteiger partial charge >= 0.3 is 6.03 Å². The lowest BCUT2D eigenvalue weighted by Crippen LogP contribution is -2.47. The molecule has 0 aromatic heterocycles. The van der Waals surface area contributed by atoms with Crippen LogP contribution < -0.4 is 10.6 Å². The summed E-state index contributed by atoms with van der Waals surface area (Å²) in [5.41, 5.74) is 0. The second-order valence-electron chi connectivity index (χ2n) is 6.93. The molecule has 1 heterocycles. The molecule has 0 bridgehead atoms. The molecule has 0 radical (unpaired) electrons. The van der Waals surface area contributed by atoms with Gasteiger partial charge in [0.1, 0.15) is 0 Å². The van der Waals surface area contributed by atoms with Crippen molar-refractivity contribution >= 4 is 11.9 Å². The van der Waals surface area contributed by atoms with Gasteiger partial charge in [-0.2, -0.15) is 0 Å². The van der Waals surface area contributed by atoms with Crippen LogP contribution in [-0.4, -0.2) is 55.7 Å². The number of piperidine rings is 1. The van der Waals surface area contributed by atoms with E-state index in [1.165, 1.54) is 32.1 Å². The van der Waals surface area contributed by atoms with Gasteiger partial charge in [-0.15, -0.1) is 0 Å². The Labute approximate surface area is 145 Å². The SMILES string of the molecule is CCOC1CCN(C(=O)NCCNC(=O)CC2CCCCC2)CC1. The van der Waals surface area contributed by atoms with Crippen LogP contribution in [0.5, 0.6) is 0 Å². The summed E-state index contributed by atoms with van der Waals surface area (Å²) in [7, 11) is 0. The molecule has 2 rings (SSSR count). The minimum atomic E-state index is -0.0357. The third-order valence-electron chi connectivity index (χ3n) is 5.05. The van der Waals surface area contributed by atoms with Gasteiger partial charge in [-0.3, -0.25) is 4.79 Å². The van der Waals surface area contributed by atoms with E-state index in [-0.39, 0.29) is 18.0 Å². The molecule has 0 aromatic carbocycles. The zero-order chi connectivity index (χ0) is 17.2. The molecular formula is C18H33N3O3. The number of hydrogen-bond donors (Lipinski definition) is 2. The van der Waals surface area contributed by atoms with Crippen molar-refractivity contribution in [3.8, 4) is 0 Å². The molecule has 0 aromatic rings. The number of carbonyl (C=O) groups is 2. The second-order valence-corrected chi connectivity index (χ2v) is 6.93. The maximum absolute atomic E-state index is 12.1. The van der Waals surface area contributed by atoms with Crippen molar-refractivity contribution in [3.63, 3.8) is 0 Å². The molecule has 24 heavy (non-hydrogen) atoms. The van der Waals surface area contributed by atoms with Crippen molar-refractivity contribution in [2.45, 2.75) is 64.4 Å². The molecule has 0 atom stereocenters. The summed E-state index contributed by atoms with van der Waals surface area (Å²) in [6.07, 6.45) is 8.92. The number of urea groups is 1. The zero-order valence-electron chi connectivity index (χ0n) is 15.0. The van der Waals surface area contributed by atoms with Crippen molar-refractivity contribution in [1.29, 1.82) is 0 Å². The average molecular weight is 339 g/mol. The van der Waals surface area contributed by atoms with Crippen LogP contribution in [0.1, 0.15) is 58.3 Å². The van der Waals surface area contributed by atoms with Crippen LogP contribution in [0.25, 0.3) is 0 Å². The lowest BCUT2D eigenvalue weighted by molar-refractivity contribution is -0.122. The van der Waals surface area contributed by atoms with E-state index in [1.54, 1.807) is 0 Å². The molecule has 0 spiro atoms. The van der Waals surface area contributed by atoms with Gasteiger partial charge in [0, 0.05) is 39.2 Å². The molecule has 138 valence electrons. The van der Waals surface area contributed by atoms with Crippen LogP contribution in [0, 0.1) is 5.92 Å². The van der Waals surface area contributed by atoms with E-state index in [0.717, 1.165) is 32.5 Å². The normalized spacial score (nSPS) is 20.0. The molecule has 2 aliphatic rings. The lowest BCUT2D eigenvalue weighted by atomic mass is 9.87. The third kappa shape index (κ3) is 6.67. The fourth-order valence-corrected chi connectivity index (χ4v) is 3.67. The first-order chi connectivity index (χ1) is 11.7. The number of hydrogen-bond acceptors (Lipinski definition) is 3. The molecule has 6 heteroatoms. The molecule has 6 nitrogen and oxygen atoms in total. The van der Waals surface area contributed by atoms with Gasteiger partial charge in [-0.25, -0.2) is 4.79 Å². The molecule has 1 saturated heterocycles. The average Bonchev–Trinajstić information content (AvgIpc) is 2.60. The predicted octanol–water partition coefficient (Wildman–Crippen LogP) is 2.28. The van der Waals surface area contributed by atoms with Gasteiger partial charge in [0.15, 0.2) is 0 Å². The van der Waals surface area contributed by atoms with E-state index >= 15 is 0 Å². The number of rotatable bonds is 7. The standard InChI is InChI=1S/C18H33N3O3/c1-2-24-16-8-12-21(13-9-16)18(23)20-11-10-19-17(22)14-15-6-4-3-5-7-15/h15-16H,2-14H2,1H3,(H,19,22)(H,20,23). The van der Waals surface area contributed by atoms with E-state index in [1.807, 2.05) is 11.8 Å². The fourth-order valence-electron chi connectivity index (χ4n) is 3.67. The number of carbonyl (C=O) groups excluding carboxylic acids is 2. The number of amides is 3. The van der Waals surface area contributed by atoms with Gasteiger partial charge in [0.05, 0.1) is 6.10 Å². The Bertz CT molecular complexity index is 389. The summed E-state index contributed by atoms with van der Waals surface area (Å²) in [6.45, 7) is 5.21. The van der Waals surface area contributed by atoms with Crippen molar-refractivity contribution in [2.24, 2.45) is 5.92 Å². The zero-order valence-corrected chi connectivity index (χ0v) is 15.0. The number of nitrogens with zero attached hydrogens (tertiary/aromatic N) is 1. The first-order valence-electron chi connectivity index (χ1n) is 9.60. The maximum Gasteiger partial charge on any atom is 0.317 e. The maximum atomic E-state index is 12.1. The quantitative estimate of drug-likeness (QED) is 0.699. The fraction of sp³-hybridized carbons (Fsp3) is 0.889. The van der Waals surface area contributed by atoms with Gasteiger partial charge in [-0.05, 0) is 38.5 Å². The van der Waals surface area contributed by atoms with Gasteiger partial charge in [-0.1, -0.05) is 19.3 Å². The molecule has 1 saturated carbocycles. The highest BCUT2D eigenvalue weighted by molar-refractivity contribution is 5.76. The molecule has 3 amide bonds. The van der Waals surface area contributed by atoms with E-state index in [4.69, 9.17) is 4.74 Å². The minimum Gasteiger partial charge on any atom is -0.378 e.